The number of fused-ring (bicyclic) bond motifs is 1. The van der Waals surface area contributed by atoms with Gasteiger partial charge in [0.15, 0.2) is 0 Å². The molecule has 0 aliphatic rings. The van der Waals surface area contributed by atoms with E-state index in [1.807, 2.05) is 36.4 Å². The first kappa shape index (κ1) is 23.6. The molecule has 4 aromatic rings. The smallest absolute Gasteiger partial charge is 0.220 e. The molecule has 34 heavy (non-hydrogen) atoms. The van der Waals surface area contributed by atoms with Gasteiger partial charge < -0.3 is 14.6 Å². The van der Waals surface area contributed by atoms with Gasteiger partial charge in [-0.3, -0.25) is 4.79 Å². The topological polar surface area (TPSA) is 56.1 Å². The maximum absolute atomic E-state index is 12.3. The third-order valence-electron chi connectivity index (χ3n) is 5.92. The summed E-state index contributed by atoms with van der Waals surface area (Å²) < 4.78 is 8.19. The number of amides is 1. The van der Waals surface area contributed by atoms with Crippen molar-refractivity contribution in [1.29, 1.82) is 0 Å². The van der Waals surface area contributed by atoms with Crippen molar-refractivity contribution in [1.82, 2.24) is 14.9 Å². The largest absolute Gasteiger partial charge is 0.494 e. The van der Waals surface area contributed by atoms with E-state index in [0.717, 1.165) is 48.4 Å². The predicted octanol–water partition coefficient (Wildman–Crippen LogP) is 5.50. The second kappa shape index (κ2) is 12.0. The molecule has 3 aromatic carbocycles. The molecule has 0 bridgehead atoms. The summed E-state index contributed by atoms with van der Waals surface area (Å²) in [4.78, 5) is 17.1. The average Bonchev–Trinajstić information content (AvgIpc) is 3.20. The molecule has 0 aliphatic heterocycles. The quantitative estimate of drug-likeness (QED) is 0.287. The van der Waals surface area contributed by atoms with E-state index >= 15 is 0 Å². The van der Waals surface area contributed by atoms with Crippen LogP contribution < -0.4 is 10.1 Å². The molecule has 0 saturated carbocycles. The van der Waals surface area contributed by atoms with Crippen molar-refractivity contribution in [3.05, 3.63) is 95.8 Å². The maximum Gasteiger partial charge on any atom is 0.220 e. The van der Waals surface area contributed by atoms with E-state index in [1.54, 1.807) is 0 Å². The highest BCUT2D eigenvalue weighted by molar-refractivity contribution is 5.77. The first-order valence-corrected chi connectivity index (χ1v) is 12.1. The van der Waals surface area contributed by atoms with Gasteiger partial charge in [-0.05, 0) is 61.6 Å². The zero-order valence-electron chi connectivity index (χ0n) is 19.9. The number of aryl methyl sites for hydroxylation is 3. The number of nitrogens with zero attached hydrogens (tertiary/aromatic N) is 2. The minimum absolute atomic E-state index is 0.0832. The summed E-state index contributed by atoms with van der Waals surface area (Å²) in [5.41, 5.74) is 4.54. The van der Waals surface area contributed by atoms with Crippen LogP contribution in [0.2, 0.25) is 0 Å². The Morgan fingerprint density at radius 2 is 1.76 bits per heavy atom. The number of carbonyl (C=O) groups is 1. The Balaban J connectivity index is 1.27. The number of ether oxygens (including phenoxy) is 1. The second-order valence-corrected chi connectivity index (χ2v) is 8.63. The molecule has 0 aliphatic carbocycles. The van der Waals surface area contributed by atoms with Crippen molar-refractivity contribution in [2.24, 2.45) is 0 Å². The molecule has 0 fully saturated rings. The van der Waals surface area contributed by atoms with Gasteiger partial charge in [0.2, 0.25) is 5.91 Å². The van der Waals surface area contributed by atoms with Gasteiger partial charge in [0.05, 0.1) is 17.6 Å². The monoisotopic (exact) mass is 455 g/mol. The Bertz CT molecular complexity index is 1200. The van der Waals surface area contributed by atoms with Gasteiger partial charge in [-0.15, -0.1) is 0 Å². The Hall–Kier alpha value is -3.60. The van der Waals surface area contributed by atoms with Crippen LogP contribution in [0.25, 0.3) is 11.0 Å². The predicted molar refractivity (Wildman–Crippen MR) is 137 cm³/mol. The van der Waals surface area contributed by atoms with Crippen LogP contribution in [0.4, 0.5) is 0 Å². The molecule has 0 radical (unpaired) electrons. The van der Waals surface area contributed by atoms with Gasteiger partial charge in [0.1, 0.15) is 11.6 Å². The summed E-state index contributed by atoms with van der Waals surface area (Å²) in [6, 6.07) is 26.5. The molecule has 1 amide bonds. The highest BCUT2D eigenvalue weighted by Crippen LogP contribution is 2.18. The minimum Gasteiger partial charge on any atom is -0.494 e. The Morgan fingerprint density at radius 1 is 0.941 bits per heavy atom. The number of hydrogen-bond acceptors (Lipinski definition) is 3. The molecule has 176 valence electrons. The van der Waals surface area contributed by atoms with Crippen molar-refractivity contribution < 1.29 is 9.53 Å². The van der Waals surface area contributed by atoms with Gasteiger partial charge in [0, 0.05) is 25.9 Å². The average molecular weight is 456 g/mol. The molecule has 1 aromatic heterocycles. The highest BCUT2D eigenvalue weighted by Gasteiger charge is 2.11. The van der Waals surface area contributed by atoms with Crippen LogP contribution in [0.5, 0.6) is 5.75 Å². The summed E-state index contributed by atoms with van der Waals surface area (Å²) in [5.74, 6) is 2.03. The van der Waals surface area contributed by atoms with Crippen molar-refractivity contribution >= 4 is 16.9 Å². The van der Waals surface area contributed by atoms with Gasteiger partial charge >= 0.3 is 0 Å². The van der Waals surface area contributed by atoms with Crippen LogP contribution in [-0.2, 0) is 24.2 Å². The van der Waals surface area contributed by atoms with Crippen LogP contribution in [0, 0.1) is 6.92 Å². The lowest BCUT2D eigenvalue weighted by Crippen LogP contribution is -2.26. The highest BCUT2D eigenvalue weighted by atomic mass is 16.5. The van der Waals surface area contributed by atoms with Gasteiger partial charge in [0.25, 0.3) is 0 Å². The van der Waals surface area contributed by atoms with Crippen molar-refractivity contribution in [2.75, 3.05) is 13.2 Å². The lowest BCUT2D eigenvalue weighted by Gasteiger charge is -2.11. The number of rotatable bonds is 12. The number of hydrogen-bond donors (Lipinski definition) is 1. The Kier molecular flexibility index (Phi) is 8.33. The standard InChI is InChI=1S/C29H33N3O2/c1-23-10-9-13-25(22-23)34-21-8-7-20-32-27-15-6-5-14-26(27)31-28(32)18-19-30-29(33)17-16-24-11-3-2-4-12-24/h2-6,9-15,22H,7-8,16-21H2,1H3,(H,30,33). The van der Waals surface area contributed by atoms with E-state index in [-0.39, 0.29) is 5.91 Å². The van der Waals surface area contributed by atoms with E-state index in [9.17, 15) is 4.79 Å². The molecule has 0 atom stereocenters. The molecule has 0 spiro atoms. The lowest BCUT2D eigenvalue weighted by molar-refractivity contribution is -0.121. The number of benzene rings is 3. The summed E-state index contributed by atoms with van der Waals surface area (Å²) >= 11 is 0. The van der Waals surface area contributed by atoms with Crippen LogP contribution in [-0.4, -0.2) is 28.6 Å². The number of imidazole rings is 1. The van der Waals surface area contributed by atoms with E-state index in [4.69, 9.17) is 9.72 Å². The van der Waals surface area contributed by atoms with E-state index in [2.05, 4.69) is 59.3 Å². The number of unbranched alkanes of at least 4 members (excludes halogenated alkanes) is 1. The number of nitrogens with one attached hydrogen (secondary N) is 1. The fourth-order valence-corrected chi connectivity index (χ4v) is 4.14. The normalized spacial score (nSPS) is 11.0. The number of carbonyl (C=O) groups excluding carboxylic acids is 1. The molecule has 4 rings (SSSR count). The van der Waals surface area contributed by atoms with E-state index in [1.165, 1.54) is 11.1 Å². The maximum atomic E-state index is 12.3. The molecule has 1 N–H and O–H groups in total. The van der Waals surface area contributed by atoms with Gasteiger partial charge in [-0.25, -0.2) is 4.98 Å². The third-order valence-corrected chi connectivity index (χ3v) is 5.92. The molecular weight excluding hydrogens is 422 g/mol. The fourth-order valence-electron chi connectivity index (χ4n) is 4.14. The summed E-state index contributed by atoms with van der Waals surface area (Å²) in [7, 11) is 0. The molecule has 5 nitrogen and oxygen atoms in total. The molecule has 5 heteroatoms. The fraction of sp³-hybridized carbons (Fsp3) is 0.310. The summed E-state index contributed by atoms with van der Waals surface area (Å²) in [5, 5.41) is 3.06. The summed E-state index contributed by atoms with van der Waals surface area (Å²) in [6.45, 7) is 4.25. The van der Waals surface area contributed by atoms with Crippen LogP contribution in [0.3, 0.4) is 0 Å². The van der Waals surface area contributed by atoms with Crippen LogP contribution in [0.1, 0.15) is 36.2 Å². The minimum atomic E-state index is 0.0832. The first-order chi connectivity index (χ1) is 16.7. The van der Waals surface area contributed by atoms with Crippen molar-refractivity contribution in [3.63, 3.8) is 0 Å². The van der Waals surface area contributed by atoms with E-state index in [0.29, 0.717) is 26.0 Å². The van der Waals surface area contributed by atoms with Crippen LogP contribution >= 0.6 is 0 Å². The molecule has 1 heterocycles. The Morgan fingerprint density at radius 3 is 2.62 bits per heavy atom. The SMILES string of the molecule is Cc1cccc(OCCCCn2c(CCNC(=O)CCc3ccccc3)nc3ccccc32)c1. The molecule has 0 unspecified atom stereocenters. The zero-order valence-corrected chi connectivity index (χ0v) is 19.9. The lowest BCUT2D eigenvalue weighted by atomic mass is 10.1. The third kappa shape index (κ3) is 6.70. The Labute approximate surface area is 201 Å². The van der Waals surface area contributed by atoms with E-state index < -0.39 is 0 Å². The van der Waals surface area contributed by atoms with Crippen LogP contribution in [0.15, 0.2) is 78.9 Å². The van der Waals surface area contributed by atoms with Crippen molar-refractivity contribution in [3.8, 4) is 5.75 Å². The van der Waals surface area contributed by atoms with Gasteiger partial charge in [-0.1, -0.05) is 54.6 Å². The number of aromatic nitrogens is 2. The second-order valence-electron chi connectivity index (χ2n) is 8.63. The molecule has 0 saturated heterocycles. The summed E-state index contributed by atoms with van der Waals surface area (Å²) in [6.07, 6.45) is 3.95. The van der Waals surface area contributed by atoms with Crippen molar-refractivity contribution in [2.45, 2.75) is 45.6 Å². The number of para-hydroxylation sites is 2. The zero-order chi connectivity index (χ0) is 23.6. The molecular formula is C29H33N3O2. The van der Waals surface area contributed by atoms with Gasteiger partial charge in [-0.2, -0.15) is 0 Å². The first-order valence-electron chi connectivity index (χ1n) is 12.1.